The van der Waals surface area contributed by atoms with Gasteiger partial charge in [0.25, 0.3) is 10.0 Å². The van der Waals surface area contributed by atoms with E-state index in [2.05, 4.69) is 11.9 Å². The van der Waals surface area contributed by atoms with E-state index < -0.39 is 10.0 Å². The highest BCUT2D eigenvalue weighted by molar-refractivity contribution is 7.93. The van der Waals surface area contributed by atoms with Crippen LogP contribution in [0.1, 0.15) is 45.4 Å². The number of nitrogens with zero attached hydrogens (tertiary/aromatic N) is 2. The van der Waals surface area contributed by atoms with Gasteiger partial charge in [-0.3, -0.25) is 9.29 Å². The molecule has 0 atom stereocenters. The van der Waals surface area contributed by atoms with E-state index in [4.69, 9.17) is 0 Å². The highest BCUT2D eigenvalue weighted by atomic mass is 32.2. The second-order valence-corrected chi connectivity index (χ2v) is 8.84. The Kier molecular flexibility index (Phi) is 7.04. The van der Waals surface area contributed by atoms with Crippen LogP contribution in [-0.2, 0) is 10.0 Å². The van der Waals surface area contributed by atoms with E-state index in [1.807, 2.05) is 48.5 Å². The molecule has 0 fully saturated rings. The van der Waals surface area contributed by atoms with Crippen molar-refractivity contribution in [2.45, 2.75) is 50.3 Å². The molecule has 5 heteroatoms. The van der Waals surface area contributed by atoms with Crippen LogP contribution in [0.25, 0.3) is 10.9 Å². The lowest BCUT2D eigenvalue weighted by atomic mass is 10.1. The average Bonchev–Trinajstić information content (AvgIpc) is 2.73. The van der Waals surface area contributed by atoms with Crippen LogP contribution in [0, 0.1) is 0 Å². The Balaban J connectivity index is 1.90. The van der Waals surface area contributed by atoms with Crippen LogP contribution in [-0.4, -0.2) is 19.9 Å². The lowest BCUT2D eigenvalue weighted by molar-refractivity contribution is 0.581. The highest BCUT2D eigenvalue weighted by Crippen LogP contribution is 2.28. The van der Waals surface area contributed by atoms with Gasteiger partial charge in [0.05, 0.1) is 11.2 Å². The van der Waals surface area contributed by atoms with Gasteiger partial charge in [-0.05, 0) is 30.7 Å². The summed E-state index contributed by atoms with van der Waals surface area (Å²) in [6.45, 7) is 2.67. The maximum atomic E-state index is 13.6. The second kappa shape index (κ2) is 9.69. The molecular weight excluding hydrogens is 368 g/mol. The maximum absolute atomic E-state index is 13.6. The van der Waals surface area contributed by atoms with E-state index in [-0.39, 0.29) is 4.90 Å². The van der Waals surface area contributed by atoms with Crippen LogP contribution in [0.15, 0.2) is 71.8 Å². The minimum atomic E-state index is -3.71. The molecule has 1 aromatic heterocycles. The fraction of sp³-hybridized carbons (Fsp3) is 0.348. The summed E-state index contributed by atoms with van der Waals surface area (Å²) in [5.74, 6) is 0. The summed E-state index contributed by atoms with van der Waals surface area (Å²) in [4.78, 5) is 4.61. The van der Waals surface area contributed by atoms with E-state index in [0.29, 0.717) is 17.7 Å². The van der Waals surface area contributed by atoms with Crippen molar-refractivity contribution < 1.29 is 8.42 Å². The molecule has 0 saturated heterocycles. The molecule has 3 aromatic rings. The number of aromatic nitrogens is 1. The van der Waals surface area contributed by atoms with Crippen molar-refractivity contribution in [1.82, 2.24) is 4.98 Å². The van der Waals surface area contributed by atoms with Gasteiger partial charge in [0.15, 0.2) is 0 Å². The SMILES string of the molecule is CCCCCCCCN(c1ccccc1)S(=O)(=O)c1cccc2cccnc12. The maximum Gasteiger partial charge on any atom is 0.266 e. The van der Waals surface area contributed by atoms with Crippen LogP contribution in [0.5, 0.6) is 0 Å². The van der Waals surface area contributed by atoms with Crippen LogP contribution in [0.2, 0.25) is 0 Å². The number of benzene rings is 2. The molecular formula is C23H28N2O2S. The summed E-state index contributed by atoms with van der Waals surface area (Å²) in [6.07, 6.45) is 8.32. The summed E-state index contributed by atoms with van der Waals surface area (Å²) in [5, 5.41) is 0.830. The first kappa shape index (κ1) is 20.3. The topological polar surface area (TPSA) is 50.3 Å². The minimum absolute atomic E-state index is 0.264. The summed E-state index contributed by atoms with van der Waals surface area (Å²) in [7, 11) is -3.71. The zero-order valence-corrected chi connectivity index (χ0v) is 17.2. The van der Waals surface area contributed by atoms with Crippen LogP contribution >= 0.6 is 0 Å². The standard InChI is InChI=1S/C23H28N2O2S/c1-2-3-4-5-6-10-19-25(21-15-8-7-9-16-21)28(26,27)22-17-11-13-20-14-12-18-24-23(20)22/h7-9,11-18H,2-6,10,19H2,1H3. The number of hydrogen-bond acceptors (Lipinski definition) is 3. The Morgan fingerprint density at radius 3 is 2.32 bits per heavy atom. The molecule has 0 saturated carbocycles. The van der Waals surface area contributed by atoms with Crippen molar-refractivity contribution in [1.29, 1.82) is 0 Å². The van der Waals surface area contributed by atoms with Gasteiger partial charge in [0.2, 0.25) is 0 Å². The summed E-state index contributed by atoms with van der Waals surface area (Å²) in [6, 6.07) is 18.4. The van der Waals surface area contributed by atoms with Crippen molar-refractivity contribution in [2.75, 3.05) is 10.8 Å². The summed E-state index contributed by atoms with van der Waals surface area (Å²) in [5.41, 5.74) is 1.22. The molecule has 0 spiro atoms. The van der Waals surface area contributed by atoms with E-state index >= 15 is 0 Å². The fourth-order valence-electron chi connectivity index (χ4n) is 3.42. The molecule has 0 unspecified atom stereocenters. The van der Waals surface area contributed by atoms with Gasteiger partial charge >= 0.3 is 0 Å². The number of anilines is 1. The molecule has 3 rings (SSSR count). The highest BCUT2D eigenvalue weighted by Gasteiger charge is 2.26. The molecule has 0 aliphatic rings. The van der Waals surface area contributed by atoms with Gasteiger partial charge in [-0.2, -0.15) is 0 Å². The van der Waals surface area contributed by atoms with Gasteiger partial charge < -0.3 is 0 Å². The van der Waals surface area contributed by atoms with Crippen molar-refractivity contribution in [3.63, 3.8) is 0 Å². The second-order valence-electron chi connectivity index (χ2n) is 7.01. The Labute approximate surface area is 168 Å². The summed E-state index contributed by atoms with van der Waals surface area (Å²) >= 11 is 0. The van der Waals surface area contributed by atoms with Crippen LogP contribution in [0.3, 0.4) is 0 Å². The van der Waals surface area contributed by atoms with Crippen molar-refractivity contribution in [2.24, 2.45) is 0 Å². The van der Waals surface area contributed by atoms with Gasteiger partial charge in [-0.15, -0.1) is 0 Å². The molecule has 4 nitrogen and oxygen atoms in total. The number of hydrogen-bond donors (Lipinski definition) is 0. The number of para-hydroxylation sites is 2. The molecule has 148 valence electrons. The van der Waals surface area contributed by atoms with Crippen molar-refractivity contribution >= 4 is 26.6 Å². The van der Waals surface area contributed by atoms with Gasteiger partial charge in [0, 0.05) is 18.1 Å². The zero-order valence-electron chi connectivity index (χ0n) is 16.4. The third-order valence-electron chi connectivity index (χ3n) is 4.92. The number of unbranched alkanes of at least 4 members (excludes halogenated alkanes) is 5. The first-order valence-electron chi connectivity index (χ1n) is 10.1. The predicted octanol–water partition coefficient (Wildman–Crippen LogP) is 5.79. The predicted molar refractivity (Wildman–Crippen MR) is 116 cm³/mol. The first-order valence-corrected chi connectivity index (χ1v) is 11.5. The largest absolute Gasteiger partial charge is 0.266 e. The lowest BCUT2D eigenvalue weighted by Crippen LogP contribution is -2.32. The Hall–Kier alpha value is -2.40. The number of sulfonamides is 1. The van der Waals surface area contributed by atoms with Crippen LogP contribution < -0.4 is 4.31 Å². The fourth-order valence-corrected chi connectivity index (χ4v) is 5.09. The number of fused-ring (bicyclic) bond motifs is 1. The normalized spacial score (nSPS) is 11.6. The van der Waals surface area contributed by atoms with Gasteiger partial charge in [-0.25, -0.2) is 8.42 Å². The van der Waals surface area contributed by atoms with E-state index in [9.17, 15) is 8.42 Å². The molecule has 0 radical (unpaired) electrons. The van der Waals surface area contributed by atoms with E-state index in [1.54, 1.807) is 18.3 Å². The Morgan fingerprint density at radius 1 is 0.821 bits per heavy atom. The third-order valence-corrected chi connectivity index (χ3v) is 6.78. The van der Waals surface area contributed by atoms with Crippen LogP contribution in [0.4, 0.5) is 5.69 Å². The quantitative estimate of drug-likeness (QED) is 0.408. The molecule has 2 aromatic carbocycles. The van der Waals surface area contributed by atoms with Gasteiger partial charge in [0.1, 0.15) is 4.90 Å². The Morgan fingerprint density at radius 2 is 1.54 bits per heavy atom. The minimum Gasteiger partial charge on any atom is -0.266 e. The molecule has 0 amide bonds. The van der Waals surface area contributed by atoms with Gasteiger partial charge in [-0.1, -0.05) is 75.4 Å². The van der Waals surface area contributed by atoms with E-state index in [0.717, 1.165) is 24.6 Å². The zero-order chi connectivity index (χ0) is 19.8. The van der Waals surface area contributed by atoms with Crippen molar-refractivity contribution in [3.8, 4) is 0 Å². The molecule has 1 heterocycles. The Bertz CT molecular complexity index is 982. The molecule has 0 bridgehead atoms. The number of rotatable bonds is 10. The average molecular weight is 397 g/mol. The summed E-state index contributed by atoms with van der Waals surface area (Å²) < 4.78 is 28.7. The number of pyridine rings is 1. The first-order chi connectivity index (χ1) is 13.6. The van der Waals surface area contributed by atoms with Crippen molar-refractivity contribution in [3.05, 3.63) is 66.9 Å². The lowest BCUT2D eigenvalue weighted by Gasteiger charge is -2.25. The smallest absolute Gasteiger partial charge is 0.266 e. The molecule has 0 aliphatic carbocycles. The molecule has 0 aliphatic heterocycles. The molecule has 0 N–H and O–H groups in total. The third kappa shape index (κ3) is 4.71. The monoisotopic (exact) mass is 396 g/mol. The van der Waals surface area contributed by atoms with E-state index in [1.165, 1.54) is 23.6 Å². The molecule has 28 heavy (non-hydrogen) atoms.